The molecule has 1 unspecified atom stereocenters. The van der Waals surface area contributed by atoms with Gasteiger partial charge < -0.3 is 76.2 Å². The van der Waals surface area contributed by atoms with E-state index in [0.29, 0.717) is 76.1 Å². The van der Waals surface area contributed by atoms with E-state index in [-0.39, 0.29) is 113 Å². The summed E-state index contributed by atoms with van der Waals surface area (Å²) in [7, 11) is 8.31. The number of aromatic nitrogens is 1. The van der Waals surface area contributed by atoms with E-state index >= 15 is 4.79 Å². The fourth-order valence-corrected chi connectivity index (χ4v) is 14.6. The maximum atomic E-state index is 15.2. The second-order valence-corrected chi connectivity index (χ2v) is 30.3. The van der Waals surface area contributed by atoms with Crippen molar-refractivity contribution in [2.45, 2.75) is 181 Å². The number of nitrogens with one attached hydrogen (secondary N) is 6. The Morgan fingerprint density at radius 2 is 1.38 bits per heavy atom. The summed E-state index contributed by atoms with van der Waals surface area (Å²) in [5, 5.41) is 21.5. The van der Waals surface area contributed by atoms with E-state index < -0.39 is 114 Å². The van der Waals surface area contributed by atoms with Crippen molar-refractivity contribution >= 4 is 82.0 Å². The number of piperazine rings is 1. The third-order valence-electron chi connectivity index (χ3n) is 20.4. The van der Waals surface area contributed by atoms with Gasteiger partial charge in [-0.2, -0.15) is 5.06 Å². The van der Waals surface area contributed by atoms with Crippen molar-refractivity contribution < 1.29 is 76.5 Å². The molecule has 109 heavy (non-hydrogen) atoms. The summed E-state index contributed by atoms with van der Waals surface area (Å²) >= 11 is 1.47. The second-order valence-electron chi connectivity index (χ2n) is 29.4. The molecule has 31 heteroatoms. The number of carbonyl (C=O) groups excluding carboxylic acids is 11. The summed E-state index contributed by atoms with van der Waals surface area (Å²) in [5.74, 6) is -6.61. The molecule has 2 saturated heterocycles. The number of methoxy groups -OCH3 is 2. The molecule has 3 aliphatic rings. The molecule has 604 valence electrons. The highest BCUT2D eigenvalue weighted by Crippen LogP contribution is 2.32. The fraction of sp³-hybridized carbons (Fsp3) is 0.641. The minimum Gasteiger partial charge on any atom is -0.379 e. The average molecular weight is 1540 g/mol. The van der Waals surface area contributed by atoms with Gasteiger partial charge in [-0.05, 0) is 92.6 Å². The highest BCUT2D eigenvalue weighted by atomic mass is 32.1. The number of hydrogen-bond donors (Lipinski definition) is 7. The van der Waals surface area contributed by atoms with Gasteiger partial charge >= 0.3 is 0 Å². The Morgan fingerprint density at radius 1 is 0.716 bits per heavy atom. The van der Waals surface area contributed by atoms with Crippen molar-refractivity contribution in [3.63, 3.8) is 0 Å². The molecule has 0 radical (unpaired) electrons. The maximum Gasteiger partial charge on any atom is 0.258 e. The molecule has 6 rings (SSSR count). The first-order valence-electron chi connectivity index (χ1n) is 38.2. The van der Waals surface area contributed by atoms with Crippen LogP contribution in [0, 0.1) is 29.6 Å². The number of ether oxygens (including phenoxy) is 4. The monoisotopic (exact) mass is 1540 g/mol. The largest absolute Gasteiger partial charge is 0.379 e. The van der Waals surface area contributed by atoms with Gasteiger partial charge in [-0.25, -0.2) is 4.98 Å². The summed E-state index contributed by atoms with van der Waals surface area (Å²) in [4.78, 5) is 170. The van der Waals surface area contributed by atoms with E-state index in [1.54, 1.807) is 80.2 Å². The van der Waals surface area contributed by atoms with Crippen LogP contribution < -0.4 is 37.6 Å². The van der Waals surface area contributed by atoms with Gasteiger partial charge in [-0.1, -0.05) is 111 Å². The molecule has 30 nitrogen and oxygen atoms in total. The van der Waals surface area contributed by atoms with E-state index in [4.69, 9.17) is 29.5 Å². The lowest BCUT2D eigenvalue weighted by atomic mass is 9.89. The number of nitrogens with two attached hydrogens (primary N) is 1. The number of thiazole rings is 1. The zero-order valence-corrected chi connectivity index (χ0v) is 67.0. The van der Waals surface area contributed by atoms with Crippen molar-refractivity contribution in [3.05, 3.63) is 94.5 Å². The smallest absolute Gasteiger partial charge is 0.258 e. The van der Waals surface area contributed by atoms with Crippen LogP contribution in [-0.4, -0.2) is 262 Å². The van der Waals surface area contributed by atoms with Crippen LogP contribution in [0.5, 0.6) is 0 Å². The molecular weight excluding hydrogens is 1420 g/mol. The van der Waals surface area contributed by atoms with Crippen LogP contribution in [0.1, 0.15) is 142 Å². The lowest BCUT2D eigenvalue weighted by Gasteiger charge is -2.41. The number of amides is 11. The Kier molecular flexibility index (Phi) is 37.3. The zero-order chi connectivity index (χ0) is 80.0. The normalized spacial score (nSPS) is 17.8. The summed E-state index contributed by atoms with van der Waals surface area (Å²) in [6.07, 6.45) is 4.19. The molecule has 2 aromatic carbocycles. The van der Waals surface area contributed by atoms with Crippen molar-refractivity contribution in [3.8, 4) is 0 Å². The number of hydrogen-bond acceptors (Lipinski definition) is 21. The van der Waals surface area contributed by atoms with Gasteiger partial charge in [0.15, 0.2) is 6.10 Å². The molecule has 2 fully saturated rings. The first-order valence-corrected chi connectivity index (χ1v) is 39.1. The number of rotatable bonds is 46. The van der Waals surface area contributed by atoms with E-state index in [0.717, 1.165) is 27.6 Å². The van der Waals surface area contributed by atoms with Crippen LogP contribution in [0.25, 0.3) is 0 Å². The van der Waals surface area contributed by atoms with Crippen LogP contribution >= 0.6 is 11.3 Å². The van der Waals surface area contributed by atoms with Crippen LogP contribution in [-0.2, 0) is 82.9 Å². The number of likely N-dealkylation sites (tertiary alicyclic amines) is 1. The van der Waals surface area contributed by atoms with Crippen LogP contribution in [0.3, 0.4) is 0 Å². The lowest BCUT2D eigenvalue weighted by molar-refractivity contribution is -0.220. The SMILES string of the molecule is CC[C@H](C)[C@@H]([C@@H](CC(=O)N1CCC[C@H]1[C@H](OC)[C@@H](C)C(=O)N[C@@H](Cc1ccccc1)c1nccs1)OC)N(C)C(=O)[C@@H](NC(=O)[C@H](C(C)C)N(C)OC(C(=O)N1CCN(C)CC1)c1ccc(NC(=O)[C@H](CCCN)NC(=O)[C@@H](NC(=O)CCOCCOCCNC(=O)CCN2C(=O)C=CC2=O)C(C)C)cc1)C(C)C. The van der Waals surface area contributed by atoms with Crippen LogP contribution in [0.4, 0.5) is 5.69 Å². The first-order chi connectivity index (χ1) is 52.0. The molecule has 0 bridgehead atoms. The molecule has 3 aromatic rings. The Morgan fingerprint density at radius 3 is 1.97 bits per heavy atom. The predicted molar refractivity (Wildman–Crippen MR) is 412 cm³/mol. The summed E-state index contributed by atoms with van der Waals surface area (Å²) in [6, 6.07) is 10.8. The molecule has 0 aliphatic carbocycles. The van der Waals surface area contributed by atoms with E-state index in [9.17, 15) is 47.9 Å². The number of carbonyl (C=O) groups is 11. The Labute approximate surface area is 646 Å². The van der Waals surface area contributed by atoms with Crippen LogP contribution in [0.2, 0.25) is 0 Å². The quantitative estimate of drug-likeness (QED) is 0.0237. The summed E-state index contributed by atoms with van der Waals surface area (Å²) in [6.45, 7) is 20.1. The topological polar surface area (TPSA) is 364 Å². The van der Waals surface area contributed by atoms with Gasteiger partial charge in [0.2, 0.25) is 47.3 Å². The minimum absolute atomic E-state index is 0.0217. The molecule has 11 amide bonds. The second kappa shape index (κ2) is 45.3. The van der Waals surface area contributed by atoms with Gasteiger partial charge in [-0.15, -0.1) is 11.3 Å². The maximum absolute atomic E-state index is 15.2. The number of benzene rings is 2. The van der Waals surface area contributed by atoms with E-state index in [1.165, 1.54) is 23.5 Å². The summed E-state index contributed by atoms with van der Waals surface area (Å²) < 4.78 is 23.4. The molecule has 0 saturated carbocycles. The number of hydroxylamine groups is 2. The van der Waals surface area contributed by atoms with E-state index in [2.05, 4.69) is 41.8 Å². The zero-order valence-electron chi connectivity index (χ0n) is 66.2. The highest BCUT2D eigenvalue weighted by Gasteiger charge is 2.45. The Balaban J connectivity index is 1.07. The molecule has 4 heterocycles. The van der Waals surface area contributed by atoms with Gasteiger partial charge in [0, 0.05) is 116 Å². The lowest BCUT2D eigenvalue weighted by Crippen LogP contribution is -2.60. The van der Waals surface area contributed by atoms with Crippen molar-refractivity contribution in [1.82, 2.24) is 61.1 Å². The third-order valence-corrected chi connectivity index (χ3v) is 21.3. The fourth-order valence-electron chi connectivity index (χ4n) is 13.9. The van der Waals surface area contributed by atoms with Crippen molar-refractivity contribution in [1.29, 1.82) is 0 Å². The molecule has 12 atom stereocenters. The number of likely N-dealkylation sites (N-methyl/N-ethyl adjacent to an activating group) is 3. The molecular formula is C78H120N14O16S. The molecule has 8 N–H and O–H groups in total. The third kappa shape index (κ3) is 26.8. The Hall–Kier alpha value is -8.14. The van der Waals surface area contributed by atoms with Crippen LogP contribution in [0.15, 0.2) is 78.3 Å². The molecule has 0 spiro atoms. The minimum atomic E-state index is -1.28. The summed E-state index contributed by atoms with van der Waals surface area (Å²) in [5.41, 5.74) is 7.69. The first kappa shape index (κ1) is 89.8. The molecule has 3 aliphatic heterocycles. The average Bonchev–Trinajstić information content (AvgIpc) is 1.80. The number of anilines is 1. The van der Waals surface area contributed by atoms with Gasteiger partial charge in [0.05, 0.1) is 69.1 Å². The highest BCUT2D eigenvalue weighted by molar-refractivity contribution is 7.09. The van der Waals surface area contributed by atoms with Gasteiger partial charge in [0.25, 0.3) is 17.7 Å². The van der Waals surface area contributed by atoms with E-state index in [1.807, 2.05) is 91.2 Å². The number of imide groups is 1. The Bertz CT molecular complexity index is 3430. The van der Waals surface area contributed by atoms with Gasteiger partial charge in [0.1, 0.15) is 29.2 Å². The van der Waals surface area contributed by atoms with Crippen molar-refractivity contribution in [2.24, 2.45) is 35.3 Å². The van der Waals surface area contributed by atoms with Crippen molar-refractivity contribution in [2.75, 3.05) is 119 Å². The molecule has 1 aromatic heterocycles. The standard InChI is InChI=1S/C78H120N14O16S/c1-15-52(8)69(60(104-13)48-65(97)91-36-20-24-59(91)70(105-14)53(9)72(98)84-58(76-81-35-46-109-76)47-54-21-17-16-18-22-54)88(11)77(102)67(50(4)5)86-75(101)68(51(6)7)89(12)108-71(78(103)90-40-38-87(10)39-41-90)55-25-27-56(28-26-55)82-73(99)57(23-19-33-79)83-74(100)66(49(2)3)85-62(94)32-42-106-44-45-107-43-34-80-61(93)31-37-92-63(95)29-30-64(92)96/h16-18,21-22,25-30,35,46,49-53,57-60,66-71H,15,19-20,23-24,31-34,36-45,47-48,79H2,1-14H3,(H,80,93)(H,82,99)(H,83,100)(H,84,98)(H,85,94)(H,86,101)/t52-,53+,57-,58-,59-,60+,66-,67-,68-,69-,70+,71?/m0/s1. The number of nitrogens with zero attached hydrogens (tertiary/aromatic N) is 7. The predicted octanol–water partition coefficient (Wildman–Crippen LogP) is 4.17. The van der Waals surface area contributed by atoms with Gasteiger partial charge in [-0.3, -0.25) is 62.5 Å².